The number of anilines is 1. The van der Waals surface area contributed by atoms with Crippen LogP contribution in [0.5, 0.6) is 0 Å². The number of carbonyl (C=O) groups is 3. The van der Waals surface area contributed by atoms with Crippen LogP contribution >= 0.6 is 35.0 Å². The molecule has 34 heavy (non-hydrogen) atoms. The van der Waals surface area contributed by atoms with Crippen molar-refractivity contribution in [2.45, 2.75) is 31.6 Å². The van der Waals surface area contributed by atoms with Crippen LogP contribution in [0.15, 0.2) is 47.6 Å². The largest absolute Gasteiger partial charge is 0.478 e. The molecule has 9 nitrogen and oxygen atoms in total. The number of aromatic carboxylic acids is 1. The van der Waals surface area contributed by atoms with Crippen molar-refractivity contribution in [2.24, 2.45) is 0 Å². The number of aromatic nitrogens is 3. The molecule has 2 aromatic carbocycles. The lowest BCUT2D eigenvalue weighted by molar-refractivity contribution is -0.113. The number of carboxylic acids is 1. The van der Waals surface area contributed by atoms with E-state index in [2.05, 4.69) is 20.8 Å². The summed E-state index contributed by atoms with van der Waals surface area (Å²) in [4.78, 5) is 36.0. The second-order valence-corrected chi connectivity index (χ2v) is 8.89. The van der Waals surface area contributed by atoms with Crippen molar-refractivity contribution in [1.29, 1.82) is 0 Å². The summed E-state index contributed by atoms with van der Waals surface area (Å²) in [6, 6.07) is 10.1. The number of hydrogen-bond donors (Lipinski definition) is 3. The zero-order chi connectivity index (χ0) is 24.8. The number of halogens is 2. The molecule has 0 spiro atoms. The second-order valence-electron chi connectivity index (χ2n) is 7.13. The van der Waals surface area contributed by atoms with Crippen LogP contribution in [0.4, 0.5) is 5.69 Å². The van der Waals surface area contributed by atoms with Gasteiger partial charge in [-0.05, 0) is 50.2 Å². The van der Waals surface area contributed by atoms with Gasteiger partial charge in [-0.2, -0.15) is 0 Å². The molecule has 1 aromatic heterocycles. The van der Waals surface area contributed by atoms with E-state index in [0.717, 1.165) is 0 Å². The fourth-order valence-electron chi connectivity index (χ4n) is 3.06. The Morgan fingerprint density at radius 2 is 1.85 bits per heavy atom. The van der Waals surface area contributed by atoms with Gasteiger partial charge in [-0.3, -0.25) is 9.59 Å². The molecule has 178 valence electrons. The van der Waals surface area contributed by atoms with Gasteiger partial charge in [0, 0.05) is 17.8 Å². The van der Waals surface area contributed by atoms with Crippen molar-refractivity contribution in [3.63, 3.8) is 0 Å². The lowest BCUT2D eigenvalue weighted by Gasteiger charge is -2.15. The maximum atomic E-state index is 12.6. The number of amides is 2. The fraction of sp³-hybridized carbons (Fsp3) is 0.227. The van der Waals surface area contributed by atoms with Crippen molar-refractivity contribution in [1.82, 2.24) is 20.1 Å². The van der Waals surface area contributed by atoms with E-state index in [0.29, 0.717) is 33.8 Å². The van der Waals surface area contributed by atoms with Gasteiger partial charge in [0.05, 0.1) is 27.4 Å². The summed E-state index contributed by atoms with van der Waals surface area (Å²) in [6.45, 7) is 4.21. The number of nitrogens with zero attached hydrogens (tertiary/aromatic N) is 3. The molecule has 0 radical (unpaired) electrons. The maximum absolute atomic E-state index is 12.6. The van der Waals surface area contributed by atoms with E-state index in [1.54, 1.807) is 31.2 Å². The van der Waals surface area contributed by atoms with Crippen LogP contribution in [0.1, 0.15) is 46.4 Å². The molecule has 0 aliphatic rings. The van der Waals surface area contributed by atoms with Gasteiger partial charge in [0.15, 0.2) is 11.0 Å². The summed E-state index contributed by atoms with van der Waals surface area (Å²) < 4.78 is 1.81. The van der Waals surface area contributed by atoms with Gasteiger partial charge in [0.1, 0.15) is 0 Å². The van der Waals surface area contributed by atoms with Gasteiger partial charge in [-0.25, -0.2) is 4.79 Å². The molecule has 3 N–H and O–H groups in total. The Kier molecular flexibility index (Phi) is 8.54. The molecule has 1 atom stereocenters. The molecule has 2 amide bonds. The van der Waals surface area contributed by atoms with Crippen molar-refractivity contribution in [3.8, 4) is 0 Å². The quantitative estimate of drug-likeness (QED) is 0.353. The number of thioether (sulfide) groups is 1. The monoisotopic (exact) mass is 521 g/mol. The molecular weight excluding hydrogens is 501 g/mol. The zero-order valence-corrected chi connectivity index (χ0v) is 20.5. The summed E-state index contributed by atoms with van der Waals surface area (Å²) in [5.74, 6) is -1.16. The normalized spacial score (nSPS) is 11.6. The number of carbonyl (C=O) groups excluding carboxylic acids is 2. The first-order chi connectivity index (χ1) is 16.2. The molecule has 0 saturated heterocycles. The second kappa shape index (κ2) is 11.4. The molecular formula is C22H21Cl2N5O4S. The Balaban J connectivity index is 1.63. The van der Waals surface area contributed by atoms with Crippen LogP contribution in [0, 0.1) is 0 Å². The molecule has 0 aliphatic heterocycles. The van der Waals surface area contributed by atoms with E-state index >= 15 is 0 Å². The third-order valence-corrected chi connectivity index (χ3v) is 6.41. The topological polar surface area (TPSA) is 126 Å². The van der Waals surface area contributed by atoms with E-state index in [-0.39, 0.29) is 28.2 Å². The zero-order valence-electron chi connectivity index (χ0n) is 18.2. The third kappa shape index (κ3) is 6.28. The Morgan fingerprint density at radius 3 is 2.53 bits per heavy atom. The average molecular weight is 522 g/mol. The number of benzene rings is 2. The highest BCUT2D eigenvalue weighted by Gasteiger charge is 2.20. The van der Waals surface area contributed by atoms with Gasteiger partial charge in [0.2, 0.25) is 5.91 Å². The summed E-state index contributed by atoms with van der Waals surface area (Å²) in [5.41, 5.74) is 0.835. The standard InChI is InChI=1S/C22H21Cl2N5O4S/c1-3-29-19(12(2)25-20(31)13-7-8-16(23)17(24)10-13)27-28-22(29)34-11-18(30)26-15-6-4-5-14(9-15)21(32)33/h4-10,12H,3,11H2,1-2H3,(H,25,31)(H,26,30)(H,32,33)/t12-/m1/s1. The van der Waals surface area contributed by atoms with Gasteiger partial charge < -0.3 is 20.3 Å². The van der Waals surface area contributed by atoms with Crippen molar-refractivity contribution in [2.75, 3.05) is 11.1 Å². The van der Waals surface area contributed by atoms with Crippen molar-refractivity contribution >= 4 is 58.4 Å². The maximum Gasteiger partial charge on any atom is 0.335 e. The third-order valence-electron chi connectivity index (χ3n) is 4.70. The van der Waals surface area contributed by atoms with E-state index < -0.39 is 12.0 Å². The Labute approximate surface area is 209 Å². The molecule has 0 bridgehead atoms. The van der Waals surface area contributed by atoms with Crippen molar-refractivity contribution < 1.29 is 19.5 Å². The minimum absolute atomic E-state index is 0.0411. The number of carboxylic acid groups (broad SMARTS) is 1. The molecule has 0 fully saturated rings. The summed E-state index contributed by atoms with van der Waals surface area (Å²) >= 11 is 13.1. The number of rotatable bonds is 9. The SMILES string of the molecule is CCn1c(SCC(=O)Nc2cccc(C(=O)O)c2)nnc1[C@@H](C)NC(=O)c1ccc(Cl)c(Cl)c1. The minimum Gasteiger partial charge on any atom is -0.478 e. The van der Waals surface area contributed by atoms with Gasteiger partial charge in [0.25, 0.3) is 5.91 Å². The Hall–Kier alpha value is -3.08. The minimum atomic E-state index is -1.07. The van der Waals surface area contributed by atoms with E-state index in [4.69, 9.17) is 28.3 Å². The molecule has 1 heterocycles. The van der Waals surface area contributed by atoms with Crippen LogP contribution in [0.25, 0.3) is 0 Å². The first kappa shape index (κ1) is 25.5. The van der Waals surface area contributed by atoms with Crippen LogP contribution in [-0.4, -0.2) is 43.4 Å². The number of nitrogens with one attached hydrogen (secondary N) is 2. The summed E-state index contributed by atoms with van der Waals surface area (Å²) in [5, 5.41) is 24.1. The lowest BCUT2D eigenvalue weighted by atomic mass is 10.2. The van der Waals surface area contributed by atoms with Crippen LogP contribution in [0.2, 0.25) is 10.0 Å². The summed E-state index contributed by atoms with van der Waals surface area (Å²) in [7, 11) is 0. The highest BCUT2D eigenvalue weighted by molar-refractivity contribution is 7.99. The van der Waals surface area contributed by atoms with Crippen LogP contribution < -0.4 is 10.6 Å². The van der Waals surface area contributed by atoms with Crippen LogP contribution in [-0.2, 0) is 11.3 Å². The molecule has 0 aliphatic carbocycles. The fourth-order valence-corrected chi connectivity index (χ4v) is 4.17. The predicted octanol–water partition coefficient (Wildman–Crippen LogP) is 4.52. The average Bonchev–Trinajstić information content (AvgIpc) is 3.22. The van der Waals surface area contributed by atoms with Crippen LogP contribution in [0.3, 0.4) is 0 Å². The smallest absolute Gasteiger partial charge is 0.335 e. The van der Waals surface area contributed by atoms with Gasteiger partial charge in [-0.1, -0.05) is 41.0 Å². The molecule has 3 rings (SSSR count). The first-order valence-electron chi connectivity index (χ1n) is 10.1. The molecule has 0 saturated carbocycles. The van der Waals surface area contributed by atoms with Gasteiger partial charge in [-0.15, -0.1) is 10.2 Å². The van der Waals surface area contributed by atoms with Gasteiger partial charge >= 0.3 is 5.97 Å². The first-order valence-corrected chi connectivity index (χ1v) is 11.9. The summed E-state index contributed by atoms with van der Waals surface area (Å²) in [6.07, 6.45) is 0. The Bertz CT molecular complexity index is 1230. The highest BCUT2D eigenvalue weighted by Crippen LogP contribution is 2.24. The van der Waals surface area contributed by atoms with Crippen molar-refractivity contribution in [3.05, 3.63) is 69.5 Å². The molecule has 0 unspecified atom stereocenters. The van der Waals surface area contributed by atoms with E-state index in [1.165, 1.54) is 30.0 Å². The Morgan fingerprint density at radius 1 is 1.09 bits per heavy atom. The highest BCUT2D eigenvalue weighted by atomic mass is 35.5. The molecule has 12 heteroatoms. The predicted molar refractivity (Wildman–Crippen MR) is 131 cm³/mol. The number of hydrogen-bond acceptors (Lipinski definition) is 6. The van der Waals surface area contributed by atoms with E-state index in [9.17, 15) is 14.4 Å². The lowest BCUT2D eigenvalue weighted by Crippen LogP contribution is -2.28. The van der Waals surface area contributed by atoms with E-state index in [1.807, 2.05) is 11.5 Å². The molecule has 3 aromatic rings.